The molecule has 4 N–H and O–H groups in total. The zero-order chi connectivity index (χ0) is 23.1. The summed E-state index contributed by atoms with van der Waals surface area (Å²) in [5, 5.41) is 7.59. The van der Waals surface area contributed by atoms with Crippen LogP contribution in [-0.2, 0) is 0 Å². The molecule has 2 aliphatic rings. The van der Waals surface area contributed by atoms with Crippen LogP contribution in [0.2, 0.25) is 0 Å². The van der Waals surface area contributed by atoms with Crippen LogP contribution in [0.3, 0.4) is 0 Å². The third-order valence-electron chi connectivity index (χ3n) is 6.33. The molecular weight excluding hydrogens is 440 g/mol. The second-order valence-corrected chi connectivity index (χ2v) is 9.85. The van der Waals surface area contributed by atoms with Crippen molar-refractivity contribution in [2.24, 2.45) is 5.73 Å². The predicted octanol–water partition coefficient (Wildman–Crippen LogP) is 6.16. The summed E-state index contributed by atoms with van der Waals surface area (Å²) in [6, 6.07) is 12.6. The van der Waals surface area contributed by atoms with Gasteiger partial charge in [-0.1, -0.05) is 36.1 Å². The summed E-state index contributed by atoms with van der Waals surface area (Å²) in [4.78, 5) is 10.3. The van der Waals surface area contributed by atoms with Gasteiger partial charge in [-0.25, -0.2) is 9.97 Å². The van der Waals surface area contributed by atoms with Gasteiger partial charge < -0.3 is 16.4 Å². The molecule has 6 rings (SSSR count). The van der Waals surface area contributed by atoms with Gasteiger partial charge in [0.2, 0.25) is 0 Å². The van der Waals surface area contributed by atoms with Crippen molar-refractivity contribution < 1.29 is 0 Å². The van der Waals surface area contributed by atoms with E-state index in [2.05, 4.69) is 56.0 Å². The molecule has 3 aromatic heterocycles. The van der Waals surface area contributed by atoms with Gasteiger partial charge in [0.05, 0.1) is 22.5 Å². The fourth-order valence-electron chi connectivity index (χ4n) is 4.22. The van der Waals surface area contributed by atoms with Crippen molar-refractivity contribution in [1.29, 1.82) is 0 Å². The van der Waals surface area contributed by atoms with Crippen LogP contribution in [0.25, 0.3) is 21.9 Å². The first-order chi connectivity index (χ1) is 16.6. The normalized spacial score (nSPS) is 15.6. The second kappa shape index (κ2) is 8.50. The van der Waals surface area contributed by atoms with Crippen molar-refractivity contribution in [1.82, 2.24) is 19.7 Å². The number of anilines is 2. The van der Waals surface area contributed by atoms with E-state index in [1.54, 1.807) is 11.3 Å². The third-order valence-corrected chi connectivity index (χ3v) is 7.26. The molecule has 1 saturated carbocycles. The number of fused-ring (bicyclic) bond motifs is 1. The van der Waals surface area contributed by atoms with E-state index in [0.29, 0.717) is 0 Å². The Kier molecular flexibility index (Phi) is 5.19. The Labute approximate surface area is 202 Å². The molecule has 0 saturated heterocycles. The minimum Gasteiger partial charge on any atom is -0.400 e. The highest BCUT2D eigenvalue weighted by molar-refractivity contribution is 7.18. The van der Waals surface area contributed by atoms with Gasteiger partial charge >= 0.3 is 0 Å². The third kappa shape index (κ3) is 4.10. The summed E-state index contributed by atoms with van der Waals surface area (Å²) in [6.45, 7) is 4.17. The minimum atomic E-state index is 0.725. The first kappa shape index (κ1) is 20.7. The summed E-state index contributed by atoms with van der Waals surface area (Å²) in [5.41, 5.74) is 14.2. The standard InChI is InChI=1S/C27H26N6S/c1-17(31-23-5-3-2-4-22(23)28)18-8-10-21(11-9-18)32-27-30-16-25(34-27)24-15-29-26-14-20(19-6-7-19)12-13-33(24)26/h3,5,8-16,19,31H,1-2,4,6-7,28H2,(H,30,32). The number of hydrogen-bond donors (Lipinski definition) is 3. The summed E-state index contributed by atoms with van der Waals surface area (Å²) in [7, 11) is 0. The number of imidazole rings is 1. The van der Waals surface area contributed by atoms with Crippen LogP contribution in [0.5, 0.6) is 0 Å². The zero-order valence-electron chi connectivity index (χ0n) is 18.8. The van der Waals surface area contributed by atoms with E-state index in [1.165, 1.54) is 18.4 Å². The van der Waals surface area contributed by atoms with Crippen LogP contribution < -0.4 is 16.4 Å². The van der Waals surface area contributed by atoms with E-state index in [-0.39, 0.29) is 0 Å². The Balaban J connectivity index is 1.15. The monoisotopic (exact) mass is 466 g/mol. The van der Waals surface area contributed by atoms with E-state index in [0.717, 1.165) is 68.5 Å². The molecule has 170 valence electrons. The molecule has 3 heterocycles. The molecule has 6 nitrogen and oxygen atoms in total. The summed E-state index contributed by atoms with van der Waals surface area (Å²) < 4.78 is 2.14. The number of allylic oxidation sites excluding steroid dienone is 3. The van der Waals surface area contributed by atoms with E-state index in [4.69, 9.17) is 5.73 Å². The number of nitrogens with zero attached hydrogens (tertiary/aromatic N) is 3. The number of thiazole rings is 1. The van der Waals surface area contributed by atoms with Crippen LogP contribution in [0.4, 0.5) is 10.8 Å². The van der Waals surface area contributed by atoms with E-state index >= 15 is 0 Å². The molecule has 4 aromatic rings. The average molecular weight is 467 g/mol. The maximum atomic E-state index is 6.11. The van der Waals surface area contributed by atoms with Crippen molar-refractivity contribution in [3.8, 4) is 10.6 Å². The molecule has 0 atom stereocenters. The van der Waals surface area contributed by atoms with Gasteiger partial charge in [-0.15, -0.1) is 0 Å². The van der Waals surface area contributed by atoms with Gasteiger partial charge in [0, 0.05) is 29.5 Å². The van der Waals surface area contributed by atoms with Crippen molar-refractivity contribution in [2.75, 3.05) is 5.32 Å². The lowest BCUT2D eigenvalue weighted by Gasteiger charge is -2.16. The van der Waals surface area contributed by atoms with E-state index < -0.39 is 0 Å². The molecule has 34 heavy (non-hydrogen) atoms. The molecule has 1 fully saturated rings. The highest BCUT2D eigenvalue weighted by Crippen LogP contribution is 2.40. The maximum absolute atomic E-state index is 6.11. The van der Waals surface area contributed by atoms with Gasteiger partial charge in [0.25, 0.3) is 0 Å². The van der Waals surface area contributed by atoms with E-state index in [9.17, 15) is 0 Å². The zero-order valence-corrected chi connectivity index (χ0v) is 19.6. The predicted molar refractivity (Wildman–Crippen MR) is 140 cm³/mol. The van der Waals surface area contributed by atoms with Crippen molar-refractivity contribution in [3.05, 3.63) is 96.2 Å². The quantitative estimate of drug-likeness (QED) is 0.304. The van der Waals surface area contributed by atoms with Crippen molar-refractivity contribution >= 4 is 33.5 Å². The molecular formula is C27H26N6S. The van der Waals surface area contributed by atoms with Crippen LogP contribution in [0.15, 0.2) is 85.1 Å². The first-order valence-corrected chi connectivity index (χ1v) is 12.4. The number of nitrogens with one attached hydrogen (secondary N) is 2. The summed E-state index contributed by atoms with van der Waals surface area (Å²) in [5.74, 6) is 0.725. The Morgan fingerprint density at radius 1 is 1.12 bits per heavy atom. The Morgan fingerprint density at radius 2 is 1.97 bits per heavy atom. The Bertz CT molecular complexity index is 1440. The highest BCUT2D eigenvalue weighted by atomic mass is 32.1. The molecule has 7 heteroatoms. The Morgan fingerprint density at radius 3 is 2.76 bits per heavy atom. The van der Waals surface area contributed by atoms with Crippen LogP contribution in [0.1, 0.15) is 42.7 Å². The SMILES string of the molecule is C=C(NC1=C(N)CCC=C1)c1ccc(Nc2ncc(-c3cnc4cc(C5CC5)ccn34)s2)cc1. The van der Waals surface area contributed by atoms with Gasteiger partial charge in [-0.05, 0) is 73.1 Å². The molecule has 0 amide bonds. The number of pyridine rings is 1. The Hall–Kier alpha value is -3.84. The topological polar surface area (TPSA) is 80.3 Å². The fraction of sp³-hybridized carbons (Fsp3) is 0.185. The second-order valence-electron chi connectivity index (χ2n) is 8.82. The van der Waals surface area contributed by atoms with Gasteiger partial charge in [0.15, 0.2) is 5.13 Å². The molecule has 0 radical (unpaired) electrons. The van der Waals surface area contributed by atoms with Crippen molar-refractivity contribution in [2.45, 2.75) is 31.6 Å². The lowest BCUT2D eigenvalue weighted by atomic mass is 10.1. The van der Waals surface area contributed by atoms with Crippen LogP contribution in [-0.4, -0.2) is 14.4 Å². The van der Waals surface area contributed by atoms with E-state index in [1.807, 2.05) is 42.7 Å². The van der Waals surface area contributed by atoms with Crippen LogP contribution >= 0.6 is 11.3 Å². The lowest BCUT2D eigenvalue weighted by Crippen LogP contribution is -2.17. The average Bonchev–Trinajstić information content (AvgIpc) is 3.47. The number of hydrogen-bond acceptors (Lipinski definition) is 6. The molecule has 2 aliphatic carbocycles. The van der Waals surface area contributed by atoms with Gasteiger partial charge in [0.1, 0.15) is 5.65 Å². The summed E-state index contributed by atoms with van der Waals surface area (Å²) in [6.07, 6.45) is 14.6. The largest absolute Gasteiger partial charge is 0.400 e. The fourth-order valence-corrected chi connectivity index (χ4v) is 5.06. The lowest BCUT2D eigenvalue weighted by molar-refractivity contribution is 0.890. The highest BCUT2D eigenvalue weighted by Gasteiger charge is 2.24. The number of rotatable bonds is 7. The smallest absolute Gasteiger partial charge is 0.187 e. The molecule has 0 spiro atoms. The number of benzene rings is 1. The van der Waals surface area contributed by atoms with Gasteiger partial charge in [-0.3, -0.25) is 4.40 Å². The van der Waals surface area contributed by atoms with Crippen LogP contribution in [0, 0.1) is 0 Å². The number of nitrogens with two attached hydrogens (primary N) is 1. The minimum absolute atomic E-state index is 0.725. The molecule has 1 aromatic carbocycles. The van der Waals surface area contributed by atoms with Gasteiger partial charge in [-0.2, -0.15) is 0 Å². The number of aromatic nitrogens is 3. The van der Waals surface area contributed by atoms with Crippen molar-refractivity contribution in [3.63, 3.8) is 0 Å². The molecule has 0 aliphatic heterocycles. The summed E-state index contributed by atoms with van der Waals surface area (Å²) >= 11 is 1.62. The molecule has 0 unspecified atom stereocenters. The maximum Gasteiger partial charge on any atom is 0.187 e. The first-order valence-electron chi connectivity index (χ1n) is 11.6. The molecule has 0 bridgehead atoms.